The monoisotopic (exact) mass is 441 g/mol. The number of carbonyl (C=O) groups is 4. The topological polar surface area (TPSA) is 80.8 Å². The molecule has 2 fully saturated rings. The molecule has 0 saturated carbocycles. The van der Waals surface area contributed by atoms with Crippen molar-refractivity contribution in [1.29, 1.82) is 0 Å². The molecule has 3 atom stereocenters. The maximum atomic E-state index is 13.7. The molecule has 0 bridgehead atoms. The number of amides is 2. The first-order valence-corrected chi connectivity index (χ1v) is 10.5. The van der Waals surface area contributed by atoms with Crippen LogP contribution in [-0.4, -0.2) is 29.0 Å². The Balaban J connectivity index is 1.55. The summed E-state index contributed by atoms with van der Waals surface area (Å²) in [6.07, 6.45) is -1.07. The third-order valence-electron chi connectivity index (χ3n) is 6.73. The van der Waals surface area contributed by atoms with Gasteiger partial charge in [-0.3, -0.25) is 19.2 Å². The van der Waals surface area contributed by atoms with Gasteiger partial charge in [-0.05, 0) is 29.8 Å². The zero-order valence-electron chi connectivity index (χ0n) is 17.1. The Morgan fingerprint density at radius 3 is 1.91 bits per heavy atom. The van der Waals surface area contributed by atoms with Gasteiger partial charge in [0.05, 0.1) is 23.6 Å². The minimum absolute atomic E-state index is 0.166. The van der Waals surface area contributed by atoms with Crippen LogP contribution in [0.2, 0.25) is 0 Å². The average molecular weight is 441 g/mol. The molecule has 0 radical (unpaired) electrons. The normalized spacial score (nSPS) is 25.1. The molecule has 6 nitrogen and oxygen atoms in total. The van der Waals surface area contributed by atoms with E-state index in [1.807, 2.05) is 0 Å². The summed E-state index contributed by atoms with van der Waals surface area (Å²) in [6, 6.07) is 20.0. The van der Waals surface area contributed by atoms with Crippen molar-refractivity contribution in [2.75, 3.05) is 4.90 Å². The highest BCUT2D eigenvalue weighted by atomic mass is 19.1. The minimum Gasteiger partial charge on any atom is -0.349 e. The molecule has 2 saturated heterocycles. The molecule has 7 heteroatoms. The number of Topliss-reactive ketones (excluding diaryl/α,β-unsaturated/α-hetero) is 2. The number of hydrogen-bond acceptors (Lipinski definition) is 5. The molecular formula is C26H16FNO5. The van der Waals surface area contributed by atoms with Crippen molar-refractivity contribution in [2.45, 2.75) is 11.7 Å². The number of rotatable bonds is 2. The summed E-state index contributed by atoms with van der Waals surface area (Å²) in [5, 5.41) is 0. The van der Waals surface area contributed by atoms with E-state index in [0.717, 1.165) is 4.90 Å². The Kier molecular flexibility index (Phi) is 4.04. The predicted octanol–water partition coefficient (Wildman–Crippen LogP) is 3.52. The number of carbonyl (C=O) groups excluding carboxylic acids is 4. The first-order chi connectivity index (χ1) is 15.9. The largest absolute Gasteiger partial charge is 0.349 e. The van der Waals surface area contributed by atoms with E-state index in [9.17, 15) is 23.6 Å². The number of ether oxygens (including phenoxy) is 1. The molecule has 3 aromatic carbocycles. The number of hydrogen-bond donors (Lipinski definition) is 0. The van der Waals surface area contributed by atoms with E-state index in [-0.39, 0.29) is 11.1 Å². The van der Waals surface area contributed by atoms with Crippen molar-refractivity contribution in [3.63, 3.8) is 0 Å². The first-order valence-electron chi connectivity index (χ1n) is 10.5. The van der Waals surface area contributed by atoms with Crippen LogP contribution in [0, 0.1) is 17.7 Å². The van der Waals surface area contributed by atoms with Crippen LogP contribution in [0.1, 0.15) is 32.4 Å². The van der Waals surface area contributed by atoms with Crippen LogP contribution in [0.3, 0.4) is 0 Å². The van der Waals surface area contributed by atoms with E-state index >= 15 is 0 Å². The van der Waals surface area contributed by atoms with Crippen LogP contribution in [0.15, 0.2) is 78.9 Å². The fraction of sp³-hybridized carbons (Fsp3) is 0.154. The van der Waals surface area contributed by atoms with E-state index in [0.29, 0.717) is 11.3 Å². The second-order valence-corrected chi connectivity index (χ2v) is 8.38. The summed E-state index contributed by atoms with van der Waals surface area (Å²) in [5.74, 6) is -5.38. The van der Waals surface area contributed by atoms with Gasteiger partial charge in [0.2, 0.25) is 29.0 Å². The van der Waals surface area contributed by atoms with Crippen molar-refractivity contribution in [3.8, 4) is 0 Å². The van der Waals surface area contributed by atoms with Crippen molar-refractivity contribution in [1.82, 2.24) is 0 Å². The Bertz CT molecular complexity index is 1320. The third kappa shape index (κ3) is 2.45. The van der Waals surface area contributed by atoms with Gasteiger partial charge in [-0.2, -0.15) is 0 Å². The highest BCUT2D eigenvalue weighted by molar-refractivity contribution is 6.37. The number of benzene rings is 3. The number of anilines is 1. The van der Waals surface area contributed by atoms with Crippen LogP contribution in [0.4, 0.5) is 10.1 Å². The highest BCUT2D eigenvalue weighted by Gasteiger charge is 2.74. The molecule has 0 N–H and O–H groups in total. The van der Waals surface area contributed by atoms with Crippen LogP contribution in [0.5, 0.6) is 0 Å². The van der Waals surface area contributed by atoms with E-state index < -0.39 is 52.7 Å². The van der Waals surface area contributed by atoms with E-state index in [2.05, 4.69) is 0 Å². The molecule has 2 amide bonds. The molecule has 33 heavy (non-hydrogen) atoms. The van der Waals surface area contributed by atoms with Crippen LogP contribution in [-0.2, 0) is 14.3 Å². The zero-order chi connectivity index (χ0) is 22.9. The number of para-hydroxylation sites is 1. The summed E-state index contributed by atoms with van der Waals surface area (Å²) in [6.45, 7) is 0. The van der Waals surface area contributed by atoms with E-state index in [1.165, 1.54) is 36.4 Å². The highest BCUT2D eigenvalue weighted by Crippen LogP contribution is 2.57. The van der Waals surface area contributed by atoms with Gasteiger partial charge in [0.1, 0.15) is 5.82 Å². The van der Waals surface area contributed by atoms with Crippen molar-refractivity contribution < 1.29 is 28.3 Å². The van der Waals surface area contributed by atoms with Crippen LogP contribution < -0.4 is 4.90 Å². The van der Waals surface area contributed by atoms with Gasteiger partial charge in [-0.1, -0.05) is 54.6 Å². The molecule has 1 aliphatic carbocycles. The second-order valence-electron chi connectivity index (χ2n) is 8.38. The molecule has 3 aromatic rings. The fourth-order valence-electron chi connectivity index (χ4n) is 5.30. The smallest absolute Gasteiger partial charge is 0.241 e. The Morgan fingerprint density at radius 1 is 0.727 bits per heavy atom. The van der Waals surface area contributed by atoms with Crippen molar-refractivity contribution >= 4 is 29.1 Å². The summed E-state index contributed by atoms with van der Waals surface area (Å²) in [7, 11) is 0. The maximum Gasteiger partial charge on any atom is 0.241 e. The molecule has 1 spiro atoms. The molecule has 2 aliphatic heterocycles. The Hall–Kier alpha value is -3.97. The van der Waals surface area contributed by atoms with Gasteiger partial charge in [-0.15, -0.1) is 0 Å². The molecule has 0 unspecified atom stereocenters. The molecule has 3 aliphatic rings. The molecule has 162 valence electrons. The van der Waals surface area contributed by atoms with Gasteiger partial charge in [-0.25, -0.2) is 9.29 Å². The first kappa shape index (κ1) is 19.7. The summed E-state index contributed by atoms with van der Waals surface area (Å²) >= 11 is 0. The number of fused-ring (bicyclic) bond motifs is 3. The van der Waals surface area contributed by atoms with Gasteiger partial charge in [0.15, 0.2) is 0 Å². The summed E-state index contributed by atoms with van der Waals surface area (Å²) in [5.41, 5.74) is -1.04. The average Bonchev–Trinajstić information content (AvgIpc) is 3.40. The lowest BCUT2D eigenvalue weighted by Crippen LogP contribution is -2.51. The summed E-state index contributed by atoms with van der Waals surface area (Å²) in [4.78, 5) is 55.5. The van der Waals surface area contributed by atoms with Gasteiger partial charge < -0.3 is 4.74 Å². The zero-order valence-corrected chi connectivity index (χ0v) is 17.1. The lowest BCUT2D eigenvalue weighted by atomic mass is 9.77. The van der Waals surface area contributed by atoms with Crippen LogP contribution in [0.25, 0.3) is 0 Å². The quantitative estimate of drug-likeness (QED) is 0.449. The van der Waals surface area contributed by atoms with Gasteiger partial charge >= 0.3 is 0 Å². The number of imide groups is 1. The Labute approximate surface area is 187 Å². The number of halogens is 1. The minimum atomic E-state index is -2.14. The maximum absolute atomic E-state index is 13.7. The molecule has 6 rings (SSSR count). The standard InChI is InChI=1S/C26H16FNO5/c27-15-12-10-14(11-13-15)21-19-20(25(32)28(24(19)31)16-6-2-1-3-7-16)26(33-21)22(29)17-8-4-5-9-18(17)23(26)30/h1-13,19-21H/t19-,20+,21-/m1/s1. The Morgan fingerprint density at radius 2 is 1.30 bits per heavy atom. The lowest BCUT2D eigenvalue weighted by molar-refractivity contribution is -0.127. The summed E-state index contributed by atoms with van der Waals surface area (Å²) < 4.78 is 19.7. The van der Waals surface area contributed by atoms with E-state index in [1.54, 1.807) is 42.5 Å². The van der Waals surface area contributed by atoms with Crippen molar-refractivity contribution in [3.05, 3.63) is 101 Å². The third-order valence-corrected chi connectivity index (χ3v) is 6.73. The van der Waals surface area contributed by atoms with Crippen molar-refractivity contribution in [2.24, 2.45) is 11.8 Å². The number of nitrogens with zero attached hydrogens (tertiary/aromatic N) is 1. The lowest BCUT2D eigenvalue weighted by Gasteiger charge is -2.27. The molecule has 0 aromatic heterocycles. The molecular weight excluding hydrogens is 425 g/mol. The number of ketones is 2. The molecule has 2 heterocycles. The SMILES string of the molecule is O=C1[C@H]2[C@@H](c3ccc(F)cc3)OC3(C(=O)c4ccccc4C3=O)[C@@H]2C(=O)N1c1ccccc1. The van der Waals surface area contributed by atoms with E-state index in [4.69, 9.17) is 4.74 Å². The van der Waals surface area contributed by atoms with Crippen LogP contribution >= 0.6 is 0 Å². The second kappa shape index (κ2) is 6.76. The fourth-order valence-corrected chi connectivity index (χ4v) is 5.30. The van der Waals surface area contributed by atoms with Gasteiger partial charge in [0.25, 0.3) is 0 Å². The predicted molar refractivity (Wildman–Crippen MR) is 114 cm³/mol. The van der Waals surface area contributed by atoms with Gasteiger partial charge in [0, 0.05) is 11.1 Å².